The fourth-order valence-electron chi connectivity index (χ4n) is 3.42. The summed E-state index contributed by atoms with van der Waals surface area (Å²) in [6, 6.07) is 6.67. The van der Waals surface area contributed by atoms with Gasteiger partial charge in [0.1, 0.15) is 0 Å². The number of carbonyl (C=O) groups excluding carboxylic acids is 1. The Morgan fingerprint density at radius 2 is 2.30 bits per heavy atom. The van der Waals surface area contributed by atoms with Gasteiger partial charge in [-0.25, -0.2) is 0 Å². The Balaban J connectivity index is 1.53. The first-order valence-corrected chi connectivity index (χ1v) is 9.34. The van der Waals surface area contributed by atoms with E-state index in [1.165, 1.54) is 10.6 Å². The van der Waals surface area contributed by atoms with E-state index in [2.05, 4.69) is 40.3 Å². The van der Waals surface area contributed by atoms with Crippen molar-refractivity contribution in [2.75, 3.05) is 13.1 Å². The average molecular weight is 331 g/mol. The van der Waals surface area contributed by atoms with E-state index < -0.39 is 0 Å². The molecule has 0 aromatic carbocycles. The second kappa shape index (κ2) is 7.30. The Morgan fingerprint density at radius 1 is 1.43 bits per heavy atom. The van der Waals surface area contributed by atoms with Crippen LogP contribution in [0, 0.1) is 13.8 Å². The third-order valence-corrected chi connectivity index (χ3v) is 5.47. The lowest BCUT2D eigenvalue weighted by Crippen LogP contribution is -2.41. The van der Waals surface area contributed by atoms with Gasteiger partial charge in [-0.2, -0.15) is 5.10 Å². The van der Waals surface area contributed by atoms with Gasteiger partial charge in [0.05, 0.1) is 11.7 Å². The van der Waals surface area contributed by atoms with Crippen LogP contribution in [0.25, 0.3) is 0 Å². The van der Waals surface area contributed by atoms with E-state index in [0.717, 1.165) is 44.5 Å². The largest absolute Gasteiger partial charge is 0.341 e. The second-order valence-corrected chi connectivity index (χ2v) is 7.47. The number of hydrogen-bond acceptors (Lipinski definition) is 3. The van der Waals surface area contributed by atoms with Crippen LogP contribution in [0.2, 0.25) is 0 Å². The van der Waals surface area contributed by atoms with Crippen LogP contribution in [0.5, 0.6) is 0 Å². The van der Waals surface area contributed by atoms with Gasteiger partial charge in [-0.1, -0.05) is 6.07 Å². The number of nitrogens with zero attached hydrogens (tertiary/aromatic N) is 3. The molecular formula is C18H25N3OS. The highest BCUT2D eigenvalue weighted by Crippen LogP contribution is 2.24. The SMILES string of the molecule is Cc1cc(C)n(C2CCCN(C(=O)CCCc3cccs3)C2)n1. The number of carbonyl (C=O) groups is 1. The first-order valence-electron chi connectivity index (χ1n) is 8.46. The Bertz CT molecular complexity index is 647. The molecule has 0 saturated carbocycles. The van der Waals surface area contributed by atoms with E-state index in [4.69, 9.17) is 0 Å². The summed E-state index contributed by atoms with van der Waals surface area (Å²) < 4.78 is 2.11. The van der Waals surface area contributed by atoms with Gasteiger partial charge in [-0.15, -0.1) is 11.3 Å². The zero-order chi connectivity index (χ0) is 16.2. The number of piperidine rings is 1. The second-order valence-electron chi connectivity index (χ2n) is 6.44. The number of rotatable bonds is 5. The Morgan fingerprint density at radius 3 is 3.00 bits per heavy atom. The maximum Gasteiger partial charge on any atom is 0.222 e. The monoisotopic (exact) mass is 331 g/mol. The first kappa shape index (κ1) is 16.2. The zero-order valence-corrected chi connectivity index (χ0v) is 14.8. The van der Waals surface area contributed by atoms with E-state index in [9.17, 15) is 4.79 Å². The molecule has 1 aliphatic heterocycles. The molecule has 0 radical (unpaired) electrons. The van der Waals surface area contributed by atoms with Crippen molar-refractivity contribution < 1.29 is 4.79 Å². The molecule has 4 nitrogen and oxygen atoms in total. The van der Waals surface area contributed by atoms with Gasteiger partial charge >= 0.3 is 0 Å². The molecule has 1 unspecified atom stereocenters. The number of hydrogen-bond donors (Lipinski definition) is 0. The lowest BCUT2D eigenvalue weighted by atomic mass is 10.0. The van der Waals surface area contributed by atoms with Gasteiger partial charge in [-0.3, -0.25) is 9.48 Å². The van der Waals surface area contributed by atoms with Gasteiger partial charge in [0.2, 0.25) is 5.91 Å². The quantitative estimate of drug-likeness (QED) is 0.837. The van der Waals surface area contributed by atoms with Crippen LogP contribution in [-0.2, 0) is 11.2 Å². The summed E-state index contributed by atoms with van der Waals surface area (Å²) >= 11 is 1.78. The van der Waals surface area contributed by atoms with E-state index in [-0.39, 0.29) is 0 Å². The van der Waals surface area contributed by atoms with Crippen LogP contribution >= 0.6 is 11.3 Å². The van der Waals surface area contributed by atoms with Crippen molar-refractivity contribution >= 4 is 17.2 Å². The molecule has 23 heavy (non-hydrogen) atoms. The van der Waals surface area contributed by atoms with Crippen molar-refractivity contribution in [3.63, 3.8) is 0 Å². The molecule has 0 bridgehead atoms. The summed E-state index contributed by atoms with van der Waals surface area (Å²) in [6.07, 6.45) is 4.79. The van der Waals surface area contributed by atoms with E-state index in [1.807, 2.05) is 11.8 Å². The highest BCUT2D eigenvalue weighted by atomic mass is 32.1. The van der Waals surface area contributed by atoms with Crippen LogP contribution in [0.4, 0.5) is 0 Å². The summed E-state index contributed by atoms with van der Waals surface area (Å²) in [4.78, 5) is 15.9. The maximum absolute atomic E-state index is 12.5. The number of thiophene rings is 1. The number of aromatic nitrogens is 2. The summed E-state index contributed by atoms with van der Waals surface area (Å²) in [6.45, 7) is 5.83. The fourth-order valence-corrected chi connectivity index (χ4v) is 4.17. The van der Waals surface area contributed by atoms with E-state index in [1.54, 1.807) is 11.3 Å². The van der Waals surface area contributed by atoms with Gasteiger partial charge < -0.3 is 4.90 Å². The maximum atomic E-state index is 12.5. The molecular weight excluding hydrogens is 306 g/mol. The standard InChI is InChI=1S/C18H25N3OS/c1-14-12-15(2)21(19-14)16-6-4-10-20(13-16)18(22)9-3-7-17-8-5-11-23-17/h5,8,11-12,16H,3-4,6-7,9-10,13H2,1-2H3. The van der Waals surface area contributed by atoms with Crippen LogP contribution < -0.4 is 0 Å². The topological polar surface area (TPSA) is 38.1 Å². The van der Waals surface area contributed by atoms with Crippen molar-refractivity contribution in [1.82, 2.24) is 14.7 Å². The molecule has 0 spiro atoms. The molecule has 1 aliphatic rings. The third-order valence-electron chi connectivity index (χ3n) is 4.53. The normalized spacial score (nSPS) is 18.3. The molecule has 2 aromatic heterocycles. The zero-order valence-electron chi connectivity index (χ0n) is 14.0. The fraction of sp³-hybridized carbons (Fsp3) is 0.556. The number of amides is 1. The van der Waals surface area contributed by atoms with Crippen molar-refractivity contribution in [3.8, 4) is 0 Å². The minimum atomic E-state index is 0.299. The third kappa shape index (κ3) is 4.02. The Hall–Kier alpha value is -1.62. The smallest absolute Gasteiger partial charge is 0.222 e. The summed E-state index contributed by atoms with van der Waals surface area (Å²) in [5.74, 6) is 0.299. The molecule has 3 heterocycles. The lowest BCUT2D eigenvalue weighted by Gasteiger charge is -2.33. The molecule has 1 amide bonds. The predicted octanol–water partition coefficient (Wildman–Crippen LogP) is 3.75. The van der Waals surface area contributed by atoms with Gasteiger partial charge in [-0.05, 0) is 57.0 Å². The first-order chi connectivity index (χ1) is 11.1. The van der Waals surface area contributed by atoms with Crippen LogP contribution in [-0.4, -0.2) is 33.7 Å². The van der Waals surface area contributed by atoms with Crippen LogP contribution in [0.1, 0.15) is 48.0 Å². The average Bonchev–Trinajstić information content (AvgIpc) is 3.17. The molecule has 2 aromatic rings. The van der Waals surface area contributed by atoms with E-state index >= 15 is 0 Å². The van der Waals surface area contributed by atoms with Crippen molar-refractivity contribution in [2.45, 2.75) is 52.0 Å². The molecule has 1 atom stereocenters. The number of aryl methyl sites for hydroxylation is 3. The number of likely N-dealkylation sites (tertiary alicyclic amines) is 1. The Labute approximate surface area is 142 Å². The summed E-state index contributed by atoms with van der Waals surface area (Å²) in [5.41, 5.74) is 2.25. The molecule has 3 rings (SSSR count). The molecule has 1 saturated heterocycles. The minimum absolute atomic E-state index is 0.299. The van der Waals surface area contributed by atoms with Crippen LogP contribution in [0.15, 0.2) is 23.6 Å². The predicted molar refractivity (Wildman–Crippen MR) is 93.8 cm³/mol. The molecule has 1 fully saturated rings. The van der Waals surface area contributed by atoms with Crippen molar-refractivity contribution in [3.05, 3.63) is 39.8 Å². The molecule has 124 valence electrons. The highest BCUT2D eigenvalue weighted by molar-refractivity contribution is 7.09. The molecule has 0 N–H and O–H groups in total. The highest BCUT2D eigenvalue weighted by Gasteiger charge is 2.25. The lowest BCUT2D eigenvalue weighted by molar-refractivity contribution is -0.133. The van der Waals surface area contributed by atoms with Crippen molar-refractivity contribution in [2.24, 2.45) is 0 Å². The minimum Gasteiger partial charge on any atom is -0.341 e. The molecule has 5 heteroatoms. The molecule has 0 aliphatic carbocycles. The summed E-state index contributed by atoms with van der Waals surface area (Å²) in [7, 11) is 0. The van der Waals surface area contributed by atoms with Crippen molar-refractivity contribution in [1.29, 1.82) is 0 Å². The van der Waals surface area contributed by atoms with Crippen LogP contribution in [0.3, 0.4) is 0 Å². The summed E-state index contributed by atoms with van der Waals surface area (Å²) in [5, 5.41) is 6.70. The van der Waals surface area contributed by atoms with Gasteiger partial charge in [0.15, 0.2) is 0 Å². The van der Waals surface area contributed by atoms with E-state index in [0.29, 0.717) is 18.4 Å². The van der Waals surface area contributed by atoms with Gasteiger partial charge in [0.25, 0.3) is 0 Å². The van der Waals surface area contributed by atoms with Gasteiger partial charge in [0, 0.05) is 30.1 Å². The Kier molecular flexibility index (Phi) is 5.16.